The lowest BCUT2D eigenvalue weighted by Crippen LogP contribution is -2.48. The first-order valence-corrected chi connectivity index (χ1v) is 6.20. The van der Waals surface area contributed by atoms with Crippen LogP contribution in [0.25, 0.3) is 0 Å². The summed E-state index contributed by atoms with van der Waals surface area (Å²) in [6.45, 7) is 1.87. The van der Waals surface area contributed by atoms with Gasteiger partial charge in [-0.05, 0) is 25.0 Å². The fourth-order valence-electron chi connectivity index (χ4n) is 2.20. The number of piperidine rings is 1. The molecule has 1 aliphatic heterocycles. The van der Waals surface area contributed by atoms with Gasteiger partial charge in [-0.25, -0.2) is 0 Å². The summed E-state index contributed by atoms with van der Waals surface area (Å²) < 4.78 is 6.17. The Bertz CT molecular complexity index is 398. The van der Waals surface area contributed by atoms with Crippen molar-refractivity contribution in [1.29, 1.82) is 0 Å². The van der Waals surface area contributed by atoms with Crippen LogP contribution in [0.5, 0.6) is 0 Å². The Hall–Kier alpha value is -0.910. The van der Waals surface area contributed by atoms with E-state index >= 15 is 0 Å². The Balaban J connectivity index is 2.04. The van der Waals surface area contributed by atoms with Gasteiger partial charge in [-0.1, -0.05) is 12.2 Å². The third-order valence-corrected chi connectivity index (χ3v) is 3.78. The highest BCUT2D eigenvalue weighted by Crippen LogP contribution is 2.28. The van der Waals surface area contributed by atoms with Crippen molar-refractivity contribution in [1.82, 2.24) is 4.98 Å². The number of H-pyrrole nitrogens is 1. The number of hydrogen-bond acceptors (Lipinski definition) is 4. The van der Waals surface area contributed by atoms with Gasteiger partial charge >= 0.3 is 0 Å². The van der Waals surface area contributed by atoms with Gasteiger partial charge in [-0.2, -0.15) is 0 Å². The molecule has 94 valence electrons. The van der Waals surface area contributed by atoms with Gasteiger partial charge in [0, 0.05) is 26.4 Å². The van der Waals surface area contributed by atoms with E-state index < -0.39 is 0 Å². The first-order valence-electron chi connectivity index (χ1n) is 5.79. The summed E-state index contributed by atoms with van der Waals surface area (Å²) in [4.78, 5) is 5.31. The minimum atomic E-state index is -0.349. The molecule has 0 bridgehead atoms. The summed E-state index contributed by atoms with van der Waals surface area (Å²) in [5, 5.41) is 9.37. The van der Waals surface area contributed by atoms with Crippen LogP contribution in [0.15, 0.2) is 18.3 Å². The molecule has 1 aliphatic rings. The highest BCUT2D eigenvalue weighted by atomic mass is 32.1. The van der Waals surface area contributed by atoms with Crippen molar-refractivity contribution < 1.29 is 9.84 Å². The molecule has 0 atom stereocenters. The third kappa shape index (κ3) is 2.68. The standard InChI is InChI=1S/C12H18N2O2S/c1-16-12(9-15)4-6-14(7-5-12)10-2-3-11(17)13-8-10/h2-3,8,15H,4-7,9H2,1H3,(H,13,17). The largest absolute Gasteiger partial charge is 0.393 e. The monoisotopic (exact) mass is 254 g/mol. The molecule has 2 heterocycles. The number of aromatic amines is 1. The molecule has 1 aromatic heterocycles. The number of nitrogens with one attached hydrogen (secondary N) is 1. The Kier molecular flexibility index (Phi) is 3.81. The maximum Gasteiger partial charge on any atom is 0.103 e. The van der Waals surface area contributed by atoms with E-state index in [0.29, 0.717) is 0 Å². The van der Waals surface area contributed by atoms with Gasteiger partial charge in [-0.15, -0.1) is 0 Å². The number of nitrogens with zero attached hydrogens (tertiary/aromatic N) is 1. The Morgan fingerprint density at radius 1 is 1.47 bits per heavy atom. The average Bonchev–Trinajstić information content (AvgIpc) is 2.40. The van der Waals surface area contributed by atoms with E-state index in [4.69, 9.17) is 17.0 Å². The summed E-state index contributed by atoms with van der Waals surface area (Å²) in [6.07, 6.45) is 3.62. The maximum absolute atomic E-state index is 9.37. The van der Waals surface area contributed by atoms with Crippen molar-refractivity contribution in [2.45, 2.75) is 18.4 Å². The van der Waals surface area contributed by atoms with Crippen LogP contribution < -0.4 is 4.90 Å². The van der Waals surface area contributed by atoms with Crippen molar-refractivity contribution >= 4 is 17.9 Å². The highest BCUT2D eigenvalue weighted by molar-refractivity contribution is 7.71. The quantitative estimate of drug-likeness (QED) is 0.806. The molecule has 2 N–H and O–H groups in total. The second kappa shape index (κ2) is 5.16. The number of aromatic nitrogens is 1. The van der Waals surface area contributed by atoms with Crippen LogP contribution in [-0.2, 0) is 4.74 Å². The Labute approximate surface area is 106 Å². The molecule has 0 unspecified atom stereocenters. The van der Waals surface area contributed by atoms with Crippen molar-refractivity contribution in [3.63, 3.8) is 0 Å². The predicted octanol–water partition coefficient (Wildman–Crippen LogP) is 1.72. The number of ether oxygens (including phenoxy) is 1. The summed E-state index contributed by atoms with van der Waals surface area (Å²) in [7, 11) is 1.67. The molecule has 0 radical (unpaired) electrons. The minimum absolute atomic E-state index is 0.0918. The van der Waals surface area contributed by atoms with Gasteiger partial charge in [0.15, 0.2) is 0 Å². The van der Waals surface area contributed by atoms with Gasteiger partial charge < -0.3 is 19.7 Å². The molecule has 0 aromatic carbocycles. The molecule has 4 nitrogen and oxygen atoms in total. The highest BCUT2D eigenvalue weighted by Gasteiger charge is 2.33. The minimum Gasteiger partial charge on any atom is -0.393 e. The molecule has 2 rings (SSSR count). The average molecular weight is 254 g/mol. The summed E-state index contributed by atoms with van der Waals surface area (Å²) >= 11 is 5.02. The first-order chi connectivity index (χ1) is 8.19. The molecule has 0 saturated carbocycles. The molecular formula is C12H18N2O2S. The SMILES string of the molecule is COC1(CO)CCN(c2ccc(=S)[nH]c2)CC1. The molecule has 0 aliphatic carbocycles. The molecule has 1 saturated heterocycles. The number of aliphatic hydroxyl groups excluding tert-OH is 1. The second-order valence-corrected chi connectivity index (χ2v) is 4.88. The fraction of sp³-hybridized carbons (Fsp3) is 0.583. The zero-order chi connectivity index (χ0) is 12.3. The number of methoxy groups -OCH3 is 1. The van der Waals surface area contributed by atoms with E-state index in [0.717, 1.165) is 36.3 Å². The topological polar surface area (TPSA) is 48.5 Å². The Morgan fingerprint density at radius 2 is 2.18 bits per heavy atom. The molecule has 1 aromatic rings. The lowest BCUT2D eigenvalue weighted by molar-refractivity contribution is -0.0672. The Morgan fingerprint density at radius 3 is 2.65 bits per heavy atom. The first kappa shape index (κ1) is 12.5. The van der Waals surface area contributed by atoms with E-state index in [-0.39, 0.29) is 12.2 Å². The predicted molar refractivity (Wildman–Crippen MR) is 69.9 cm³/mol. The molecule has 17 heavy (non-hydrogen) atoms. The molecular weight excluding hydrogens is 236 g/mol. The van der Waals surface area contributed by atoms with Crippen molar-refractivity contribution in [2.75, 3.05) is 31.7 Å². The number of pyridine rings is 1. The molecule has 0 amide bonds. The van der Waals surface area contributed by atoms with Crippen molar-refractivity contribution in [3.8, 4) is 0 Å². The van der Waals surface area contributed by atoms with Gasteiger partial charge in [0.1, 0.15) is 4.64 Å². The van der Waals surface area contributed by atoms with Crippen LogP contribution in [0.3, 0.4) is 0 Å². The van der Waals surface area contributed by atoms with E-state index in [9.17, 15) is 5.11 Å². The lowest BCUT2D eigenvalue weighted by Gasteiger charge is -2.40. The fourth-order valence-corrected chi connectivity index (χ4v) is 2.33. The van der Waals surface area contributed by atoms with Gasteiger partial charge in [0.2, 0.25) is 0 Å². The van der Waals surface area contributed by atoms with Gasteiger partial charge in [-0.3, -0.25) is 0 Å². The smallest absolute Gasteiger partial charge is 0.103 e. The van der Waals surface area contributed by atoms with Gasteiger partial charge in [0.05, 0.1) is 17.9 Å². The molecule has 1 fully saturated rings. The summed E-state index contributed by atoms with van der Waals surface area (Å²) in [5.41, 5.74) is 0.791. The van der Waals surface area contributed by atoms with E-state index in [2.05, 4.69) is 9.88 Å². The zero-order valence-corrected chi connectivity index (χ0v) is 10.8. The summed E-state index contributed by atoms with van der Waals surface area (Å²) in [5.74, 6) is 0. The molecule has 0 spiro atoms. The van der Waals surface area contributed by atoms with E-state index in [1.807, 2.05) is 18.3 Å². The summed E-state index contributed by atoms with van der Waals surface area (Å²) in [6, 6.07) is 3.92. The van der Waals surface area contributed by atoms with Crippen molar-refractivity contribution in [3.05, 3.63) is 23.0 Å². The van der Waals surface area contributed by atoms with E-state index in [1.165, 1.54) is 0 Å². The van der Waals surface area contributed by atoms with Crippen LogP contribution in [-0.4, -0.2) is 42.5 Å². The normalized spacial score (nSPS) is 19.3. The molecule has 5 heteroatoms. The van der Waals surface area contributed by atoms with Gasteiger partial charge in [0.25, 0.3) is 0 Å². The van der Waals surface area contributed by atoms with Crippen LogP contribution in [0, 0.1) is 4.64 Å². The zero-order valence-electron chi connectivity index (χ0n) is 9.98. The number of anilines is 1. The van der Waals surface area contributed by atoms with Crippen LogP contribution in [0.2, 0.25) is 0 Å². The van der Waals surface area contributed by atoms with E-state index in [1.54, 1.807) is 7.11 Å². The second-order valence-electron chi connectivity index (χ2n) is 4.44. The lowest BCUT2D eigenvalue weighted by atomic mass is 9.92. The van der Waals surface area contributed by atoms with Crippen LogP contribution in [0.4, 0.5) is 5.69 Å². The van der Waals surface area contributed by atoms with Crippen LogP contribution >= 0.6 is 12.2 Å². The third-order valence-electron chi connectivity index (χ3n) is 3.53. The van der Waals surface area contributed by atoms with Crippen LogP contribution in [0.1, 0.15) is 12.8 Å². The number of rotatable bonds is 3. The number of hydrogen-bond donors (Lipinski definition) is 2. The van der Waals surface area contributed by atoms with Crippen molar-refractivity contribution in [2.24, 2.45) is 0 Å². The maximum atomic E-state index is 9.37. The number of aliphatic hydroxyl groups is 1.